The van der Waals surface area contributed by atoms with Crippen molar-refractivity contribution in [2.75, 3.05) is 6.54 Å². The molecule has 2 aliphatic carbocycles. The van der Waals surface area contributed by atoms with E-state index >= 15 is 0 Å². The van der Waals surface area contributed by atoms with E-state index in [1.807, 2.05) is 0 Å². The van der Waals surface area contributed by atoms with Gasteiger partial charge in [-0.25, -0.2) is 0 Å². The molecular formula is C16H31NO. The molecule has 106 valence electrons. The van der Waals surface area contributed by atoms with E-state index in [4.69, 9.17) is 0 Å². The zero-order valence-electron chi connectivity index (χ0n) is 12.5. The molecule has 18 heavy (non-hydrogen) atoms. The Morgan fingerprint density at radius 1 is 1.11 bits per heavy atom. The minimum Gasteiger partial charge on any atom is -0.389 e. The Kier molecular flexibility index (Phi) is 4.38. The molecule has 0 heterocycles. The van der Waals surface area contributed by atoms with Gasteiger partial charge in [0.05, 0.1) is 5.60 Å². The minimum absolute atomic E-state index is 0.423. The molecule has 0 radical (unpaired) electrons. The first kappa shape index (κ1) is 14.3. The fraction of sp³-hybridized carbons (Fsp3) is 1.00. The highest BCUT2D eigenvalue weighted by atomic mass is 16.3. The number of hydrogen-bond acceptors (Lipinski definition) is 2. The second-order valence-corrected chi connectivity index (χ2v) is 7.75. The zero-order valence-corrected chi connectivity index (χ0v) is 12.5. The summed E-state index contributed by atoms with van der Waals surface area (Å²) < 4.78 is 0. The van der Waals surface area contributed by atoms with Crippen molar-refractivity contribution >= 4 is 0 Å². The summed E-state index contributed by atoms with van der Waals surface area (Å²) in [7, 11) is 0. The third-order valence-corrected chi connectivity index (χ3v) is 5.13. The van der Waals surface area contributed by atoms with E-state index in [-0.39, 0.29) is 0 Å². The molecule has 0 aliphatic heterocycles. The normalized spacial score (nSPS) is 40.7. The number of aliphatic hydroxyl groups is 1. The monoisotopic (exact) mass is 253 g/mol. The molecule has 0 aromatic carbocycles. The van der Waals surface area contributed by atoms with Crippen LogP contribution in [0.25, 0.3) is 0 Å². The molecular weight excluding hydrogens is 222 g/mol. The number of hydrogen-bond donors (Lipinski definition) is 2. The lowest BCUT2D eigenvalue weighted by Crippen LogP contribution is -2.48. The second-order valence-electron chi connectivity index (χ2n) is 7.75. The first-order valence-electron chi connectivity index (χ1n) is 7.84. The van der Waals surface area contributed by atoms with Crippen LogP contribution in [0.5, 0.6) is 0 Å². The SMILES string of the molecule is CC1CCC(O)(CNC2CCCC(C)(C)C2)CC1. The van der Waals surface area contributed by atoms with Crippen LogP contribution in [0.1, 0.15) is 72.1 Å². The van der Waals surface area contributed by atoms with Gasteiger partial charge in [-0.15, -0.1) is 0 Å². The van der Waals surface area contributed by atoms with Crippen LogP contribution in [0, 0.1) is 11.3 Å². The quantitative estimate of drug-likeness (QED) is 0.807. The lowest BCUT2D eigenvalue weighted by Gasteiger charge is -2.39. The van der Waals surface area contributed by atoms with Crippen molar-refractivity contribution in [1.82, 2.24) is 5.32 Å². The van der Waals surface area contributed by atoms with Crippen molar-refractivity contribution in [3.63, 3.8) is 0 Å². The van der Waals surface area contributed by atoms with E-state index in [2.05, 4.69) is 26.1 Å². The van der Waals surface area contributed by atoms with Crippen LogP contribution in [0.4, 0.5) is 0 Å². The first-order chi connectivity index (χ1) is 8.39. The summed E-state index contributed by atoms with van der Waals surface area (Å²) in [5.41, 5.74) is 0.0632. The minimum atomic E-state index is -0.423. The highest BCUT2D eigenvalue weighted by Gasteiger charge is 2.34. The Labute approximate surface area is 113 Å². The van der Waals surface area contributed by atoms with Gasteiger partial charge < -0.3 is 10.4 Å². The predicted molar refractivity (Wildman–Crippen MR) is 76.6 cm³/mol. The van der Waals surface area contributed by atoms with E-state index in [1.165, 1.54) is 38.5 Å². The highest BCUT2D eigenvalue weighted by Crippen LogP contribution is 2.36. The van der Waals surface area contributed by atoms with Crippen LogP contribution in [-0.2, 0) is 0 Å². The summed E-state index contributed by atoms with van der Waals surface area (Å²) in [5, 5.41) is 14.2. The first-order valence-corrected chi connectivity index (χ1v) is 7.84. The maximum Gasteiger partial charge on any atom is 0.0771 e. The molecule has 1 atom stereocenters. The molecule has 2 heteroatoms. The Bertz CT molecular complexity index is 266. The lowest BCUT2D eigenvalue weighted by atomic mass is 9.74. The second kappa shape index (κ2) is 5.50. The van der Waals surface area contributed by atoms with E-state index in [1.54, 1.807) is 0 Å². The Morgan fingerprint density at radius 3 is 2.39 bits per heavy atom. The van der Waals surface area contributed by atoms with Gasteiger partial charge >= 0.3 is 0 Å². The van der Waals surface area contributed by atoms with Crippen molar-refractivity contribution in [3.05, 3.63) is 0 Å². The zero-order chi connectivity index (χ0) is 13.2. The molecule has 2 fully saturated rings. The third-order valence-electron chi connectivity index (χ3n) is 5.13. The van der Waals surface area contributed by atoms with Crippen LogP contribution in [0.3, 0.4) is 0 Å². The van der Waals surface area contributed by atoms with Gasteiger partial charge in [-0.3, -0.25) is 0 Å². The van der Waals surface area contributed by atoms with Gasteiger partial charge in [-0.05, 0) is 56.3 Å². The molecule has 0 aromatic rings. The molecule has 0 spiro atoms. The summed E-state index contributed by atoms with van der Waals surface area (Å²) >= 11 is 0. The molecule has 2 rings (SSSR count). The summed E-state index contributed by atoms with van der Waals surface area (Å²) in [4.78, 5) is 0. The average Bonchev–Trinajstić information content (AvgIpc) is 2.30. The van der Waals surface area contributed by atoms with Crippen molar-refractivity contribution in [1.29, 1.82) is 0 Å². The lowest BCUT2D eigenvalue weighted by molar-refractivity contribution is -0.0105. The van der Waals surface area contributed by atoms with Crippen molar-refractivity contribution < 1.29 is 5.11 Å². The van der Waals surface area contributed by atoms with Crippen LogP contribution >= 0.6 is 0 Å². The molecule has 0 aromatic heterocycles. The summed E-state index contributed by atoms with van der Waals surface area (Å²) in [6.07, 6.45) is 9.58. The van der Waals surface area contributed by atoms with Crippen LogP contribution < -0.4 is 5.32 Å². The van der Waals surface area contributed by atoms with Crippen LogP contribution in [-0.4, -0.2) is 23.3 Å². The van der Waals surface area contributed by atoms with Gasteiger partial charge in [-0.2, -0.15) is 0 Å². The summed E-state index contributed by atoms with van der Waals surface area (Å²) in [6, 6.07) is 0.622. The number of rotatable bonds is 3. The van der Waals surface area contributed by atoms with E-state index in [9.17, 15) is 5.11 Å². The topological polar surface area (TPSA) is 32.3 Å². The molecule has 1 unspecified atom stereocenters. The third kappa shape index (κ3) is 3.96. The smallest absolute Gasteiger partial charge is 0.0771 e. The predicted octanol–water partition coefficient (Wildman–Crippen LogP) is 3.49. The van der Waals surface area contributed by atoms with Gasteiger partial charge in [0.1, 0.15) is 0 Å². The molecule has 2 saturated carbocycles. The van der Waals surface area contributed by atoms with Gasteiger partial charge in [-0.1, -0.05) is 27.2 Å². The van der Waals surface area contributed by atoms with Crippen LogP contribution in [0.2, 0.25) is 0 Å². The molecule has 0 amide bonds. The van der Waals surface area contributed by atoms with Gasteiger partial charge in [0.15, 0.2) is 0 Å². The molecule has 2 aliphatic rings. The van der Waals surface area contributed by atoms with Gasteiger partial charge in [0, 0.05) is 12.6 Å². The van der Waals surface area contributed by atoms with Crippen LogP contribution in [0.15, 0.2) is 0 Å². The van der Waals surface area contributed by atoms with Gasteiger partial charge in [0.25, 0.3) is 0 Å². The molecule has 2 nitrogen and oxygen atoms in total. The van der Waals surface area contributed by atoms with E-state index in [0.717, 1.165) is 25.3 Å². The Balaban J connectivity index is 1.77. The Morgan fingerprint density at radius 2 is 1.78 bits per heavy atom. The maximum absolute atomic E-state index is 10.6. The standard InChI is InChI=1S/C16H31NO/c1-13-6-9-16(18,10-7-13)12-17-14-5-4-8-15(2,3)11-14/h13-14,17-18H,4-12H2,1-3H3. The fourth-order valence-electron chi connectivity index (χ4n) is 3.68. The van der Waals surface area contributed by atoms with Crippen molar-refractivity contribution in [2.24, 2.45) is 11.3 Å². The summed E-state index contributed by atoms with van der Waals surface area (Å²) in [5.74, 6) is 0.805. The Hall–Kier alpha value is -0.0800. The summed E-state index contributed by atoms with van der Waals surface area (Å²) in [6.45, 7) is 7.85. The fourth-order valence-corrected chi connectivity index (χ4v) is 3.68. The van der Waals surface area contributed by atoms with Gasteiger partial charge in [0.2, 0.25) is 0 Å². The van der Waals surface area contributed by atoms with E-state index < -0.39 is 5.60 Å². The molecule has 2 N–H and O–H groups in total. The van der Waals surface area contributed by atoms with E-state index in [0.29, 0.717) is 11.5 Å². The maximum atomic E-state index is 10.6. The highest BCUT2D eigenvalue weighted by molar-refractivity contribution is 4.90. The number of nitrogens with one attached hydrogen (secondary N) is 1. The molecule has 0 bridgehead atoms. The largest absolute Gasteiger partial charge is 0.389 e. The average molecular weight is 253 g/mol. The van der Waals surface area contributed by atoms with Crippen molar-refractivity contribution in [2.45, 2.75) is 83.8 Å². The van der Waals surface area contributed by atoms with Crippen molar-refractivity contribution in [3.8, 4) is 0 Å². The molecule has 0 saturated heterocycles.